The van der Waals surface area contributed by atoms with Crippen molar-refractivity contribution in [1.29, 1.82) is 0 Å². The molecule has 0 N–H and O–H groups in total. The van der Waals surface area contributed by atoms with Gasteiger partial charge in [0.25, 0.3) is 0 Å². The second kappa shape index (κ2) is 5.71. The standard InChI is InChI=1S/C20H17FN2O/c1-13-4-2-3-5-17(13)14-10-19-18(20(24)11-14)12-22-23(19)16-8-6-15(21)7-9-16/h2-9,12,14H,10-11H2,1H3/t14-/m0/s1. The molecule has 1 atom stereocenters. The van der Waals surface area contributed by atoms with Crippen molar-refractivity contribution in [2.45, 2.75) is 25.7 Å². The van der Waals surface area contributed by atoms with Crippen molar-refractivity contribution in [1.82, 2.24) is 9.78 Å². The van der Waals surface area contributed by atoms with E-state index in [1.165, 1.54) is 23.3 Å². The molecule has 1 aliphatic rings. The fraction of sp³-hybridized carbons (Fsp3) is 0.200. The van der Waals surface area contributed by atoms with Gasteiger partial charge in [0.05, 0.1) is 23.1 Å². The number of hydrogen-bond acceptors (Lipinski definition) is 2. The number of benzene rings is 2. The Morgan fingerprint density at radius 3 is 2.58 bits per heavy atom. The van der Waals surface area contributed by atoms with Crippen LogP contribution in [0.5, 0.6) is 0 Å². The summed E-state index contributed by atoms with van der Waals surface area (Å²) in [6.07, 6.45) is 2.89. The third-order valence-electron chi connectivity index (χ3n) is 4.74. The molecule has 3 nitrogen and oxygen atoms in total. The number of carbonyl (C=O) groups is 1. The van der Waals surface area contributed by atoms with Gasteiger partial charge >= 0.3 is 0 Å². The van der Waals surface area contributed by atoms with Gasteiger partial charge in [0.2, 0.25) is 0 Å². The second-order valence-electron chi connectivity index (χ2n) is 6.28. The fourth-order valence-electron chi connectivity index (χ4n) is 3.51. The Bertz CT molecular complexity index is 912. The maximum absolute atomic E-state index is 13.2. The Morgan fingerprint density at radius 2 is 1.83 bits per heavy atom. The first kappa shape index (κ1) is 14.8. The van der Waals surface area contributed by atoms with E-state index in [-0.39, 0.29) is 17.5 Å². The zero-order chi connectivity index (χ0) is 16.7. The molecule has 3 aromatic rings. The molecule has 1 heterocycles. The number of nitrogens with zero attached hydrogens (tertiary/aromatic N) is 2. The summed E-state index contributed by atoms with van der Waals surface area (Å²) in [7, 11) is 0. The summed E-state index contributed by atoms with van der Waals surface area (Å²) in [6.45, 7) is 2.08. The molecule has 4 heteroatoms. The lowest BCUT2D eigenvalue weighted by molar-refractivity contribution is 0.0963. The lowest BCUT2D eigenvalue weighted by Crippen LogP contribution is -2.20. The Hall–Kier alpha value is -2.75. The fourth-order valence-corrected chi connectivity index (χ4v) is 3.51. The largest absolute Gasteiger partial charge is 0.294 e. The van der Waals surface area contributed by atoms with Gasteiger partial charge in [-0.3, -0.25) is 4.79 Å². The Kier molecular flexibility index (Phi) is 3.53. The van der Waals surface area contributed by atoms with Crippen molar-refractivity contribution in [2.75, 3.05) is 0 Å². The molecule has 0 unspecified atom stereocenters. The van der Waals surface area contributed by atoms with Crippen molar-refractivity contribution in [3.05, 3.63) is 82.9 Å². The van der Waals surface area contributed by atoms with E-state index >= 15 is 0 Å². The third-order valence-corrected chi connectivity index (χ3v) is 4.74. The maximum Gasteiger partial charge on any atom is 0.166 e. The summed E-state index contributed by atoms with van der Waals surface area (Å²) in [5.41, 5.74) is 4.78. The molecule has 0 fully saturated rings. The molecule has 120 valence electrons. The highest BCUT2D eigenvalue weighted by Crippen LogP contribution is 2.34. The molecule has 0 saturated heterocycles. The normalized spacial score (nSPS) is 16.9. The molecule has 0 amide bonds. The summed E-state index contributed by atoms with van der Waals surface area (Å²) in [4.78, 5) is 12.6. The molecule has 0 radical (unpaired) electrons. The van der Waals surface area contributed by atoms with E-state index in [4.69, 9.17) is 0 Å². The van der Waals surface area contributed by atoms with Gasteiger partial charge in [-0.2, -0.15) is 5.10 Å². The van der Waals surface area contributed by atoms with Crippen molar-refractivity contribution in [3.8, 4) is 5.69 Å². The number of ketones is 1. The van der Waals surface area contributed by atoms with Crippen LogP contribution in [0.3, 0.4) is 0 Å². The Morgan fingerprint density at radius 1 is 1.08 bits per heavy atom. The number of carbonyl (C=O) groups excluding carboxylic acids is 1. The first-order chi connectivity index (χ1) is 11.6. The van der Waals surface area contributed by atoms with Crippen LogP contribution in [0.2, 0.25) is 0 Å². The lowest BCUT2D eigenvalue weighted by atomic mass is 9.81. The molecule has 4 rings (SSSR count). The van der Waals surface area contributed by atoms with E-state index in [0.717, 1.165) is 17.8 Å². The molecule has 0 saturated carbocycles. The predicted molar refractivity (Wildman–Crippen MR) is 90.1 cm³/mol. The van der Waals surface area contributed by atoms with Crippen LogP contribution in [-0.4, -0.2) is 15.6 Å². The molecular weight excluding hydrogens is 303 g/mol. The van der Waals surface area contributed by atoms with Gasteiger partial charge in [0, 0.05) is 6.42 Å². The summed E-state index contributed by atoms with van der Waals surface area (Å²) < 4.78 is 14.9. The topological polar surface area (TPSA) is 34.9 Å². The monoisotopic (exact) mass is 320 g/mol. The summed E-state index contributed by atoms with van der Waals surface area (Å²) in [5, 5.41) is 4.37. The smallest absolute Gasteiger partial charge is 0.166 e. The first-order valence-corrected chi connectivity index (χ1v) is 8.05. The summed E-state index contributed by atoms with van der Waals surface area (Å²) in [6, 6.07) is 14.4. The van der Waals surface area contributed by atoms with Crippen molar-refractivity contribution >= 4 is 5.78 Å². The van der Waals surface area contributed by atoms with Crippen molar-refractivity contribution < 1.29 is 9.18 Å². The molecule has 0 spiro atoms. The molecule has 24 heavy (non-hydrogen) atoms. The van der Waals surface area contributed by atoms with Gasteiger partial charge in [0.1, 0.15) is 5.82 Å². The van der Waals surface area contributed by atoms with Crippen LogP contribution in [0.25, 0.3) is 5.69 Å². The molecule has 0 aliphatic heterocycles. The van der Waals surface area contributed by atoms with Crippen LogP contribution in [-0.2, 0) is 6.42 Å². The highest BCUT2D eigenvalue weighted by atomic mass is 19.1. The third kappa shape index (κ3) is 2.44. The zero-order valence-corrected chi connectivity index (χ0v) is 13.4. The van der Waals surface area contributed by atoms with E-state index in [0.29, 0.717) is 12.0 Å². The number of Topliss-reactive ketones (excluding diaryl/α,β-unsaturated/α-hetero) is 1. The number of aryl methyl sites for hydroxylation is 1. The van der Waals surface area contributed by atoms with E-state index in [1.54, 1.807) is 23.0 Å². The molecule has 2 aromatic carbocycles. The first-order valence-electron chi connectivity index (χ1n) is 8.05. The predicted octanol–water partition coefficient (Wildman–Crippen LogP) is 4.23. The Balaban J connectivity index is 1.76. The van der Waals surface area contributed by atoms with E-state index in [9.17, 15) is 9.18 Å². The summed E-state index contributed by atoms with van der Waals surface area (Å²) in [5.74, 6) is -0.00593. The van der Waals surface area contributed by atoms with E-state index in [1.807, 2.05) is 12.1 Å². The average Bonchev–Trinajstić information content (AvgIpc) is 3.00. The highest BCUT2D eigenvalue weighted by molar-refractivity contribution is 5.98. The number of fused-ring (bicyclic) bond motifs is 1. The molecule has 1 aromatic heterocycles. The van der Waals surface area contributed by atoms with Gasteiger partial charge in [-0.25, -0.2) is 9.07 Å². The van der Waals surface area contributed by atoms with Gasteiger partial charge in [-0.1, -0.05) is 24.3 Å². The molecule has 0 bridgehead atoms. The molecule has 1 aliphatic carbocycles. The van der Waals surface area contributed by atoms with E-state index in [2.05, 4.69) is 24.2 Å². The van der Waals surface area contributed by atoms with Crippen molar-refractivity contribution in [3.63, 3.8) is 0 Å². The van der Waals surface area contributed by atoms with Crippen LogP contribution < -0.4 is 0 Å². The average molecular weight is 320 g/mol. The van der Waals surface area contributed by atoms with Crippen molar-refractivity contribution in [2.24, 2.45) is 0 Å². The van der Waals surface area contributed by atoms with Gasteiger partial charge < -0.3 is 0 Å². The summed E-state index contributed by atoms with van der Waals surface area (Å²) >= 11 is 0. The van der Waals surface area contributed by atoms with Gasteiger partial charge in [-0.15, -0.1) is 0 Å². The van der Waals surface area contributed by atoms with Gasteiger partial charge in [-0.05, 0) is 54.7 Å². The van der Waals surface area contributed by atoms with Crippen LogP contribution >= 0.6 is 0 Å². The zero-order valence-electron chi connectivity index (χ0n) is 13.4. The number of hydrogen-bond donors (Lipinski definition) is 0. The Labute approximate surface area is 139 Å². The number of halogens is 1. The minimum absolute atomic E-state index is 0.123. The SMILES string of the molecule is Cc1ccccc1[C@@H]1CC(=O)c2cnn(-c3ccc(F)cc3)c2C1. The van der Waals surface area contributed by atoms with Crippen LogP contribution in [0.15, 0.2) is 54.7 Å². The quantitative estimate of drug-likeness (QED) is 0.708. The van der Waals surface area contributed by atoms with Crippen LogP contribution in [0.1, 0.15) is 39.5 Å². The number of rotatable bonds is 2. The van der Waals surface area contributed by atoms with Crippen LogP contribution in [0.4, 0.5) is 4.39 Å². The van der Waals surface area contributed by atoms with Gasteiger partial charge in [0.15, 0.2) is 5.78 Å². The minimum Gasteiger partial charge on any atom is -0.294 e. The highest BCUT2D eigenvalue weighted by Gasteiger charge is 2.30. The maximum atomic E-state index is 13.2. The van der Waals surface area contributed by atoms with E-state index < -0.39 is 0 Å². The second-order valence-corrected chi connectivity index (χ2v) is 6.28. The lowest BCUT2D eigenvalue weighted by Gasteiger charge is -2.24. The van der Waals surface area contributed by atoms with Crippen LogP contribution in [0, 0.1) is 12.7 Å². The minimum atomic E-state index is -0.284. The molecular formula is C20H17FN2O. The number of aromatic nitrogens is 2.